The molecule has 2 heterocycles. The second-order valence-electron chi connectivity index (χ2n) is 16.0. The molecule has 0 atom stereocenters. The van der Waals surface area contributed by atoms with Gasteiger partial charge in [0.2, 0.25) is 0 Å². The van der Waals surface area contributed by atoms with E-state index in [2.05, 4.69) is 172 Å². The molecule has 0 radical (unpaired) electrons. The van der Waals surface area contributed by atoms with Crippen LogP contribution in [0.5, 0.6) is 0 Å². The molecule has 256 valence electrons. The number of hydrogen-bond donors (Lipinski definition) is 0. The molecule has 2 aromatic heterocycles. The molecule has 4 aromatic carbocycles. The van der Waals surface area contributed by atoms with Crippen LogP contribution in [0.1, 0.15) is 79.0 Å². The van der Waals surface area contributed by atoms with Crippen LogP contribution >= 0.6 is 0 Å². The molecule has 0 N–H and O–H groups in total. The van der Waals surface area contributed by atoms with Crippen molar-refractivity contribution < 1.29 is 21.1 Å². The van der Waals surface area contributed by atoms with Crippen molar-refractivity contribution in [1.82, 2.24) is 9.97 Å². The van der Waals surface area contributed by atoms with Gasteiger partial charge in [-0.25, -0.2) is 0 Å². The van der Waals surface area contributed by atoms with E-state index in [9.17, 15) is 0 Å². The zero-order valence-corrected chi connectivity index (χ0v) is 33.0. The van der Waals surface area contributed by atoms with Gasteiger partial charge in [0.15, 0.2) is 0 Å². The van der Waals surface area contributed by atoms with E-state index < -0.39 is 0 Å². The third kappa shape index (κ3) is 8.33. The summed E-state index contributed by atoms with van der Waals surface area (Å²) in [6.07, 6.45) is 1.90. The van der Waals surface area contributed by atoms with Crippen molar-refractivity contribution in [3.05, 3.63) is 150 Å². The zero-order chi connectivity index (χ0) is 35.0. The molecule has 0 aliphatic rings. The van der Waals surface area contributed by atoms with Crippen LogP contribution in [0.3, 0.4) is 0 Å². The number of hydrogen-bond acceptors (Lipinski definition) is 2. The molecule has 0 fully saturated rings. The minimum Gasteiger partial charge on any atom is -0.657 e. The maximum atomic E-state index is 5.40. The zero-order valence-electron chi connectivity index (χ0n) is 30.7. The second kappa shape index (κ2) is 14.5. The molecule has 0 spiro atoms. The minimum atomic E-state index is -0.0407. The molecule has 6 rings (SSSR count). The quantitative estimate of drug-likeness (QED) is 0.157. The molecule has 50 heavy (non-hydrogen) atoms. The van der Waals surface area contributed by atoms with Gasteiger partial charge in [-0.05, 0) is 73.5 Å². The molecule has 0 amide bonds. The van der Waals surface area contributed by atoms with E-state index in [4.69, 9.17) is 15.3 Å². The van der Waals surface area contributed by atoms with Crippen molar-refractivity contribution in [3.63, 3.8) is 0 Å². The van der Waals surface area contributed by atoms with E-state index in [1.165, 1.54) is 16.7 Å². The van der Waals surface area contributed by atoms with Gasteiger partial charge in [-0.3, -0.25) is 9.97 Å². The predicted octanol–water partition coefficient (Wildman–Crippen LogP) is 13.2. The molecule has 0 aliphatic heterocycles. The number of rotatable bonds is 6. The van der Waals surface area contributed by atoms with Crippen LogP contribution < -0.4 is 0 Å². The summed E-state index contributed by atoms with van der Waals surface area (Å²) in [5.41, 5.74) is 13.4. The van der Waals surface area contributed by atoms with Crippen molar-refractivity contribution in [2.45, 2.75) is 78.6 Å². The third-order valence-electron chi connectivity index (χ3n) is 9.08. The average molecular weight is 837 g/mol. The summed E-state index contributed by atoms with van der Waals surface area (Å²) >= 11 is 0. The first-order valence-electron chi connectivity index (χ1n) is 17.2. The van der Waals surface area contributed by atoms with E-state index in [1.54, 1.807) is 0 Å². The normalized spacial score (nSPS) is 11.9. The summed E-state index contributed by atoms with van der Waals surface area (Å²) in [5, 5.41) is 5.40. The Hall–Kier alpha value is -4.33. The largest absolute Gasteiger partial charge is 2.00 e. The number of benzene rings is 4. The fraction of sp³-hybridized carbons (Fsp3) is 0.261. The molecule has 0 saturated carbocycles. The van der Waals surface area contributed by atoms with Crippen LogP contribution in [-0.2, 0) is 37.3 Å². The first-order valence-corrected chi connectivity index (χ1v) is 17.2. The Balaban J connectivity index is 0.00000486. The summed E-state index contributed by atoms with van der Waals surface area (Å²) in [6.45, 7) is 20.2. The van der Waals surface area contributed by atoms with Gasteiger partial charge in [0.05, 0.1) is 11.4 Å². The Morgan fingerprint density at radius 3 is 1.66 bits per heavy atom. The Morgan fingerprint density at radius 1 is 0.500 bits per heavy atom. The fourth-order valence-corrected chi connectivity index (χ4v) is 5.94. The molecule has 0 unspecified atom stereocenters. The smallest absolute Gasteiger partial charge is 0.657 e. The summed E-state index contributed by atoms with van der Waals surface area (Å²) in [6, 6.07) is 44.0. The summed E-state index contributed by atoms with van der Waals surface area (Å²) < 4.78 is 0. The van der Waals surface area contributed by atoms with Gasteiger partial charge in [0, 0.05) is 6.20 Å². The van der Waals surface area contributed by atoms with Crippen molar-refractivity contribution in [1.29, 1.82) is 0 Å². The van der Waals surface area contributed by atoms with Gasteiger partial charge in [-0.1, -0.05) is 141 Å². The Morgan fingerprint density at radius 2 is 1.06 bits per heavy atom. The van der Waals surface area contributed by atoms with Gasteiger partial charge >= 0.3 is 21.1 Å². The Labute approximate surface area is 313 Å². The third-order valence-corrected chi connectivity index (χ3v) is 9.08. The number of nitrogens with zero attached hydrogens (tertiary/aromatic N) is 3. The van der Waals surface area contributed by atoms with Gasteiger partial charge in [-0.2, -0.15) is 0 Å². The minimum absolute atomic E-state index is 0. The molecule has 6 aromatic rings. The van der Waals surface area contributed by atoms with E-state index in [1.807, 2.05) is 18.3 Å². The van der Waals surface area contributed by atoms with Gasteiger partial charge < -0.3 is 5.32 Å². The first kappa shape index (κ1) is 36.9. The molecular weight excluding hydrogens is 790 g/mol. The average Bonchev–Trinajstić information content (AvgIpc) is 3.08. The second-order valence-corrected chi connectivity index (χ2v) is 16.0. The molecular formula is C46H47N3Pt. The van der Waals surface area contributed by atoms with Crippen LogP contribution in [0.2, 0.25) is 0 Å². The first-order chi connectivity index (χ1) is 23.2. The van der Waals surface area contributed by atoms with Crippen molar-refractivity contribution in [3.8, 4) is 44.9 Å². The summed E-state index contributed by atoms with van der Waals surface area (Å²) in [5.74, 6) is 0. The molecule has 0 aliphatic carbocycles. The van der Waals surface area contributed by atoms with Crippen LogP contribution in [0.15, 0.2) is 121 Å². The van der Waals surface area contributed by atoms with E-state index in [-0.39, 0.29) is 37.3 Å². The van der Waals surface area contributed by atoms with Crippen molar-refractivity contribution in [2.75, 3.05) is 0 Å². The summed E-state index contributed by atoms with van der Waals surface area (Å²) in [7, 11) is 0. The molecule has 3 nitrogen and oxygen atoms in total. The Kier molecular flexibility index (Phi) is 10.7. The van der Waals surface area contributed by atoms with Crippen LogP contribution in [0.4, 0.5) is 11.4 Å². The molecule has 0 bridgehead atoms. The van der Waals surface area contributed by atoms with Gasteiger partial charge in [0.25, 0.3) is 0 Å². The predicted molar refractivity (Wildman–Crippen MR) is 208 cm³/mol. The van der Waals surface area contributed by atoms with Crippen molar-refractivity contribution in [2.24, 2.45) is 0 Å². The van der Waals surface area contributed by atoms with Gasteiger partial charge in [0.1, 0.15) is 0 Å². The Bertz CT molecular complexity index is 2090. The standard InChI is InChI=1S/C46H47N3.Pt/c1-44(2,3)34-18-13-17-33(27-34)39-19-14-20-40(48-39)37-29-35(45(4,5)6)21-23-41(37)49-42-24-22-36(46(7,8)9)30-38(42)43-28-32(25-26-47-43)31-15-11-10-12-16-31;/h10-16,18-30H,1-9H3;/q-2;+2. The molecule has 4 heteroatoms. The van der Waals surface area contributed by atoms with Gasteiger partial charge in [-0.15, -0.1) is 46.8 Å². The van der Waals surface area contributed by atoms with E-state index in [0.29, 0.717) is 0 Å². The number of pyridine rings is 2. The van der Waals surface area contributed by atoms with Crippen LogP contribution in [-0.4, -0.2) is 9.97 Å². The van der Waals surface area contributed by atoms with E-state index >= 15 is 0 Å². The maximum Gasteiger partial charge on any atom is 2.00 e. The molecule has 0 saturated heterocycles. The SMILES string of the molecule is CC(C)(C)c1cc[c-]c(-c2cccc(-c3cc(C(C)(C)C)ccc3[N-]c3ccc(C(C)(C)C)cc3-c3cc(-c4ccccc4)ccn3)n2)c1.[Pt+2]. The fourth-order valence-electron chi connectivity index (χ4n) is 5.94. The number of aromatic nitrogens is 2. The van der Waals surface area contributed by atoms with E-state index in [0.717, 1.165) is 56.3 Å². The van der Waals surface area contributed by atoms with Crippen molar-refractivity contribution >= 4 is 11.4 Å². The monoisotopic (exact) mass is 836 g/mol. The maximum absolute atomic E-state index is 5.40. The van der Waals surface area contributed by atoms with Crippen LogP contribution in [0.25, 0.3) is 50.2 Å². The topological polar surface area (TPSA) is 39.9 Å². The van der Waals surface area contributed by atoms with Crippen LogP contribution in [0, 0.1) is 6.07 Å². The summed E-state index contributed by atoms with van der Waals surface area (Å²) in [4.78, 5) is 10.1.